The third kappa shape index (κ3) is 28.3. The van der Waals surface area contributed by atoms with Crippen molar-refractivity contribution in [3.8, 4) is 0 Å². The van der Waals surface area contributed by atoms with E-state index >= 15 is 0 Å². The Bertz CT molecular complexity index is 648. The predicted molar refractivity (Wildman–Crippen MR) is 174 cm³/mol. The lowest BCUT2D eigenvalue weighted by molar-refractivity contribution is -0.174. The summed E-state index contributed by atoms with van der Waals surface area (Å²) in [5, 5.41) is 0. The summed E-state index contributed by atoms with van der Waals surface area (Å²) < 4.78 is 33.3. The summed E-state index contributed by atoms with van der Waals surface area (Å²) in [7, 11) is -4.62. The van der Waals surface area contributed by atoms with Crippen LogP contribution in [0.4, 0.5) is 0 Å². The molecule has 0 bridgehead atoms. The highest BCUT2D eigenvalue weighted by Gasteiger charge is 2.32. The van der Waals surface area contributed by atoms with E-state index in [1.54, 1.807) is 13.8 Å². The number of rotatable bonds is 32. The maximum absolute atomic E-state index is 12.6. The first-order chi connectivity index (χ1) is 20.8. The molecule has 43 heavy (non-hydrogen) atoms. The zero-order valence-electron chi connectivity index (χ0n) is 28.3. The summed E-state index contributed by atoms with van der Waals surface area (Å²) in [5.74, 6) is -0.929. The van der Waals surface area contributed by atoms with Crippen molar-refractivity contribution in [1.82, 2.24) is 0 Å². The molecular weight excluding hydrogens is 567 g/mol. The molecule has 0 aromatic rings. The fourth-order valence-electron chi connectivity index (χ4n) is 4.96. The highest BCUT2D eigenvalue weighted by Crippen LogP contribution is 2.47. The van der Waals surface area contributed by atoms with Gasteiger partial charge in [0.25, 0.3) is 0 Å². The lowest BCUT2D eigenvalue weighted by Crippen LogP contribution is -2.23. The first kappa shape index (κ1) is 42.0. The van der Waals surface area contributed by atoms with Crippen LogP contribution in [0.15, 0.2) is 0 Å². The van der Waals surface area contributed by atoms with Crippen LogP contribution in [0.1, 0.15) is 195 Å². The zero-order valence-corrected chi connectivity index (χ0v) is 29.2. The number of hydrogen-bond acceptors (Lipinski definition) is 7. The van der Waals surface area contributed by atoms with Crippen LogP contribution in [0.25, 0.3) is 0 Å². The Morgan fingerprint density at radius 1 is 0.488 bits per heavy atom. The predicted octanol–water partition coefficient (Wildman–Crippen LogP) is 11.1. The van der Waals surface area contributed by atoms with Crippen molar-refractivity contribution >= 4 is 19.8 Å². The molecule has 0 aliphatic rings. The van der Waals surface area contributed by atoms with Crippen molar-refractivity contribution in [2.24, 2.45) is 0 Å². The third-order valence-electron chi connectivity index (χ3n) is 7.66. The number of phosphoric ester groups is 1. The molecular formula is C34H67O8P. The second-order valence-corrected chi connectivity index (χ2v) is 13.3. The lowest BCUT2D eigenvalue weighted by Gasteiger charge is -2.23. The van der Waals surface area contributed by atoms with E-state index < -0.39 is 32.3 Å². The van der Waals surface area contributed by atoms with E-state index in [1.165, 1.54) is 103 Å². The lowest BCUT2D eigenvalue weighted by atomic mass is 10.1. The van der Waals surface area contributed by atoms with Gasteiger partial charge in [-0.3, -0.25) is 9.59 Å². The van der Waals surface area contributed by atoms with Crippen molar-refractivity contribution < 1.29 is 37.6 Å². The molecule has 0 aromatic heterocycles. The Morgan fingerprint density at radius 3 is 1.00 bits per heavy atom. The van der Waals surface area contributed by atoms with E-state index in [2.05, 4.69) is 13.8 Å². The summed E-state index contributed by atoms with van der Waals surface area (Å²) in [6.07, 6.45) is 24.5. The molecule has 1 N–H and O–H groups in total. The molecule has 0 fully saturated rings. The largest absolute Gasteiger partial charge is 0.478 e. The molecule has 0 radical (unpaired) electrons. The molecule has 2 unspecified atom stereocenters. The molecule has 9 heteroatoms. The Balaban J connectivity index is 4.08. The molecule has 8 nitrogen and oxygen atoms in total. The van der Waals surface area contributed by atoms with Gasteiger partial charge >= 0.3 is 19.8 Å². The second-order valence-electron chi connectivity index (χ2n) is 11.9. The second kappa shape index (κ2) is 29.7. The molecule has 0 rings (SSSR count). The number of unbranched alkanes of at least 4 members (excludes halogenated alkanes) is 20. The average molecular weight is 635 g/mol. The van der Waals surface area contributed by atoms with E-state index in [-0.39, 0.29) is 25.7 Å². The fraction of sp³-hybridized carbons (Fsp3) is 0.941. The van der Waals surface area contributed by atoms with Gasteiger partial charge in [0.2, 0.25) is 12.6 Å². The van der Waals surface area contributed by atoms with Crippen molar-refractivity contribution in [3.05, 3.63) is 0 Å². The number of esters is 2. The van der Waals surface area contributed by atoms with E-state index in [0.717, 1.165) is 25.7 Å². The molecule has 2 atom stereocenters. The van der Waals surface area contributed by atoms with E-state index in [1.807, 2.05) is 0 Å². The molecule has 0 aromatic carbocycles. The fourth-order valence-corrected chi connectivity index (χ4v) is 5.99. The third-order valence-corrected chi connectivity index (χ3v) is 8.67. The van der Waals surface area contributed by atoms with Gasteiger partial charge < -0.3 is 14.4 Å². The number of carbonyl (C=O) groups is 2. The Morgan fingerprint density at radius 2 is 0.744 bits per heavy atom. The van der Waals surface area contributed by atoms with Gasteiger partial charge in [-0.2, -0.15) is 0 Å². The first-order valence-electron chi connectivity index (χ1n) is 17.9. The van der Waals surface area contributed by atoms with E-state index in [0.29, 0.717) is 12.8 Å². The first-order valence-corrected chi connectivity index (χ1v) is 19.4. The van der Waals surface area contributed by atoms with Crippen LogP contribution in [-0.4, -0.2) is 29.4 Å². The van der Waals surface area contributed by atoms with Gasteiger partial charge in [0.1, 0.15) is 0 Å². The molecule has 256 valence electrons. The normalized spacial score (nSPS) is 14.3. The van der Waals surface area contributed by atoms with Gasteiger partial charge in [0.05, 0.1) is 0 Å². The molecule has 0 spiro atoms. The summed E-state index contributed by atoms with van der Waals surface area (Å²) in [5.41, 5.74) is 0. The molecule has 0 aliphatic heterocycles. The van der Waals surface area contributed by atoms with Crippen LogP contribution in [0, 0.1) is 0 Å². The minimum Gasteiger partial charge on any atom is -0.435 e. The van der Waals surface area contributed by atoms with Crippen molar-refractivity contribution in [3.63, 3.8) is 0 Å². The van der Waals surface area contributed by atoms with Crippen LogP contribution in [0.3, 0.4) is 0 Å². The zero-order chi connectivity index (χ0) is 32.0. The number of ether oxygens (including phenoxy) is 2. The van der Waals surface area contributed by atoms with Gasteiger partial charge in [0, 0.05) is 25.7 Å². The van der Waals surface area contributed by atoms with Crippen LogP contribution >= 0.6 is 7.82 Å². The van der Waals surface area contributed by atoms with Crippen LogP contribution in [0.2, 0.25) is 0 Å². The standard InChI is InChI=1S/C34H67O8P/c1-5-9-11-13-15-17-19-21-23-25-27-29-31(35)39-33(7-3)41-43(37,38)42-34(8-4)40-32(36)30-28-26-24-22-20-18-16-14-12-10-6-2/h33-34H,5-30H2,1-4H3,(H,37,38). The number of phosphoric acid groups is 1. The van der Waals surface area contributed by atoms with Crippen LogP contribution in [-0.2, 0) is 32.7 Å². The molecule has 0 saturated carbocycles. The smallest absolute Gasteiger partial charge is 0.435 e. The molecule has 0 saturated heterocycles. The molecule has 0 heterocycles. The summed E-state index contributed by atoms with van der Waals surface area (Å²) in [6, 6.07) is 0. The number of carbonyl (C=O) groups excluding carboxylic acids is 2. The summed E-state index contributed by atoms with van der Waals surface area (Å²) in [4.78, 5) is 34.7. The van der Waals surface area contributed by atoms with Crippen molar-refractivity contribution in [2.45, 2.75) is 207 Å². The van der Waals surface area contributed by atoms with Gasteiger partial charge in [-0.1, -0.05) is 156 Å². The van der Waals surface area contributed by atoms with Gasteiger partial charge in [-0.05, 0) is 12.8 Å². The van der Waals surface area contributed by atoms with Crippen LogP contribution < -0.4 is 0 Å². The van der Waals surface area contributed by atoms with E-state index in [9.17, 15) is 19.0 Å². The maximum Gasteiger partial charge on any atom is 0.478 e. The quantitative estimate of drug-likeness (QED) is 0.0337. The molecule has 0 amide bonds. The highest BCUT2D eigenvalue weighted by atomic mass is 31.2. The Kier molecular flexibility index (Phi) is 29.1. The van der Waals surface area contributed by atoms with Crippen molar-refractivity contribution in [2.75, 3.05) is 0 Å². The minimum atomic E-state index is -4.62. The monoisotopic (exact) mass is 634 g/mol. The number of hydrogen-bond donors (Lipinski definition) is 1. The van der Waals surface area contributed by atoms with Crippen LogP contribution in [0.5, 0.6) is 0 Å². The van der Waals surface area contributed by atoms with Crippen molar-refractivity contribution in [1.29, 1.82) is 0 Å². The van der Waals surface area contributed by atoms with E-state index in [4.69, 9.17) is 18.5 Å². The maximum atomic E-state index is 12.6. The summed E-state index contributed by atoms with van der Waals surface area (Å²) in [6.45, 7) is 7.83. The Labute approximate surface area is 264 Å². The average Bonchev–Trinajstić information content (AvgIpc) is 2.97. The Hall–Kier alpha value is -0.950. The summed E-state index contributed by atoms with van der Waals surface area (Å²) >= 11 is 0. The van der Waals surface area contributed by atoms with Gasteiger partial charge in [-0.25, -0.2) is 13.6 Å². The topological polar surface area (TPSA) is 108 Å². The van der Waals surface area contributed by atoms with Gasteiger partial charge in [0.15, 0.2) is 0 Å². The SMILES string of the molecule is CCCCCCCCCCCCCC(=O)OC(CC)OP(=O)(O)OC(CC)OC(=O)CCCCCCCCCCCCC. The highest BCUT2D eigenvalue weighted by molar-refractivity contribution is 7.47. The van der Waals surface area contributed by atoms with Gasteiger partial charge in [-0.15, -0.1) is 0 Å². The minimum absolute atomic E-state index is 0.188. The molecule has 0 aliphatic carbocycles.